The predicted molar refractivity (Wildman–Crippen MR) is 83.9 cm³/mol. The van der Waals surface area contributed by atoms with Crippen LogP contribution in [0, 0.1) is 5.92 Å². The molecule has 20 heavy (non-hydrogen) atoms. The number of aliphatic hydroxyl groups is 1. The topological polar surface area (TPSA) is 61.5 Å². The first-order valence-corrected chi connectivity index (χ1v) is 7.50. The Kier molecular flexibility index (Phi) is 5.40. The van der Waals surface area contributed by atoms with Gasteiger partial charge in [-0.3, -0.25) is 0 Å². The van der Waals surface area contributed by atoms with Gasteiger partial charge in [0.2, 0.25) is 0 Å². The Labute approximate surface area is 122 Å². The Hall–Kier alpha value is -1.10. The van der Waals surface area contributed by atoms with Crippen molar-refractivity contribution in [3.8, 4) is 0 Å². The van der Waals surface area contributed by atoms with Gasteiger partial charge in [0.1, 0.15) is 0 Å². The van der Waals surface area contributed by atoms with E-state index in [1.165, 1.54) is 17.7 Å². The first kappa shape index (κ1) is 15.3. The third kappa shape index (κ3) is 3.51. The molecule has 1 fully saturated rings. The third-order valence-electron chi connectivity index (χ3n) is 4.36. The molecule has 4 N–H and O–H groups in total. The van der Waals surface area contributed by atoms with Crippen molar-refractivity contribution >= 4 is 5.69 Å². The lowest BCUT2D eigenvalue weighted by Crippen LogP contribution is -2.39. The number of rotatable bonds is 6. The minimum atomic E-state index is 0.170. The zero-order valence-electron chi connectivity index (χ0n) is 12.5. The van der Waals surface area contributed by atoms with Crippen LogP contribution < -0.4 is 16.0 Å². The summed E-state index contributed by atoms with van der Waals surface area (Å²) in [5.74, 6) is 0.380. The quantitative estimate of drug-likeness (QED) is 0.737. The lowest BCUT2D eigenvalue weighted by molar-refractivity contribution is 0.200. The molecule has 0 aromatic heterocycles. The van der Waals surface area contributed by atoms with E-state index in [1.54, 1.807) is 0 Å². The second kappa shape index (κ2) is 7.07. The van der Waals surface area contributed by atoms with Gasteiger partial charge < -0.3 is 21.1 Å². The van der Waals surface area contributed by atoms with Crippen molar-refractivity contribution in [2.75, 3.05) is 32.1 Å². The average molecular weight is 277 g/mol. The average Bonchev–Trinajstić information content (AvgIpc) is 2.92. The second-order valence-corrected chi connectivity index (χ2v) is 5.92. The largest absolute Gasteiger partial charge is 0.396 e. The van der Waals surface area contributed by atoms with Crippen molar-refractivity contribution in [2.45, 2.75) is 31.3 Å². The summed E-state index contributed by atoms with van der Waals surface area (Å²) in [6.45, 7) is 0.852. The first-order chi connectivity index (χ1) is 9.65. The molecule has 112 valence electrons. The highest BCUT2D eigenvalue weighted by Gasteiger charge is 2.28. The second-order valence-electron chi connectivity index (χ2n) is 5.92. The van der Waals surface area contributed by atoms with Gasteiger partial charge in [-0.25, -0.2) is 0 Å². The summed E-state index contributed by atoms with van der Waals surface area (Å²) in [5, 5.41) is 13.0. The Balaban J connectivity index is 2.04. The Morgan fingerprint density at radius 2 is 2.00 bits per heavy atom. The molecule has 1 aromatic carbocycles. The molecular formula is C16H27N3O. The number of nitrogens with two attached hydrogens (primary N) is 1. The van der Waals surface area contributed by atoms with E-state index in [0.717, 1.165) is 12.8 Å². The normalized spacial score (nSPS) is 23.8. The monoisotopic (exact) mass is 277 g/mol. The van der Waals surface area contributed by atoms with Gasteiger partial charge in [0.15, 0.2) is 0 Å². The van der Waals surface area contributed by atoms with E-state index in [4.69, 9.17) is 5.73 Å². The maximum atomic E-state index is 9.41. The molecule has 3 atom stereocenters. The lowest BCUT2D eigenvalue weighted by atomic mass is 10.0. The SMILES string of the molecule is CN(C)c1ccc(C(CN)NC2CCCC2CO)cc1. The van der Waals surface area contributed by atoms with Crippen LogP contribution in [-0.2, 0) is 0 Å². The summed E-state index contributed by atoms with van der Waals surface area (Å²) in [5.41, 5.74) is 8.35. The maximum absolute atomic E-state index is 9.41. The summed E-state index contributed by atoms with van der Waals surface area (Å²) >= 11 is 0. The van der Waals surface area contributed by atoms with Gasteiger partial charge in [-0.2, -0.15) is 0 Å². The number of anilines is 1. The van der Waals surface area contributed by atoms with Crippen LogP contribution in [0.25, 0.3) is 0 Å². The molecule has 4 nitrogen and oxygen atoms in total. The van der Waals surface area contributed by atoms with E-state index in [2.05, 4.69) is 34.5 Å². The van der Waals surface area contributed by atoms with Gasteiger partial charge in [-0.15, -0.1) is 0 Å². The minimum absolute atomic E-state index is 0.170. The molecule has 0 spiro atoms. The van der Waals surface area contributed by atoms with Crippen molar-refractivity contribution < 1.29 is 5.11 Å². The molecule has 2 rings (SSSR count). The minimum Gasteiger partial charge on any atom is -0.396 e. The van der Waals surface area contributed by atoms with E-state index in [0.29, 0.717) is 18.5 Å². The first-order valence-electron chi connectivity index (χ1n) is 7.50. The molecule has 4 heteroatoms. The molecule has 1 aliphatic carbocycles. The molecule has 1 aliphatic rings. The summed E-state index contributed by atoms with van der Waals surface area (Å²) in [6, 6.07) is 9.09. The van der Waals surface area contributed by atoms with Crippen LogP contribution >= 0.6 is 0 Å². The highest BCUT2D eigenvalue weighted by Crippen LogP contribution is 2.27. The molecular weight excluding hydrogens is 250 g/mol. The summed E-state index contributed by atoms with van der Waals surface area (Å²) < 4.78 is 0. The molecule has 0 aliphatic heterocycles. The van der Waals surface area contributed by atoms with Gasteiger partial charge in [0.25, 0.3) is 0 Å². The maximum Gasteiger partial charge on any atom is 0.0474 e. The van der Waals surface area contributed by atoms with Crippen LogP contribution in [0.5, 0.6) is 0 Å². The number of nitrogens with one attached hydrogen (secondary N) is 1. The van der Waals surface area contributed by atoms with Gasteiger partial charge in [-0.1, -0.05) is 18.6 Å². The Bertz CT molecular complexity index is 405. The van der Waals surface area contributed by atoms with Crippen molar-refractivity contribution in [1.29, 1.82) is 0 Å². The zero-order chi connectivity index (χ0) is 14.5. The van der Waals surface area contributed by atoms with Crippen LogP contribution in [0.4, 0.5) is 5.69 Å². The molecule has 0 radical (unpaired) electrons. The van der Waals surface area contributed by atoms with E-state index in [-0.39, 0.29) is 12.6 Å². The zero-order valence-corrected chi connectivity index (χ0v) is 12.5. The van der Waals surface area contributed by atoms with Gasteiger partial charge in [-0.05, 0) is 36.5 Å². The molecule has 0 heterocycles. The van der Waals surface area contributed by atoms with E-state index >= 15 is 0 Å². The number of hydrogen-bond acceptors (Lipinski definition) is 4. The molecule has 0 saturated heterocycles. The third-order valence-corrected chi connectivity index (χ3v) is 4.36. The molecule has 1 aromatic rings. The summed E-state index contributed by atoms with van der Waals surface area (Å²) in [7, 11) is 4.08. The standard InChI is InChI=1S/C16H27N3O/c1-19(2)14-8-6-12(7-9-14)16(10-17)18-15-5-3-4-13(15)11-20/h6-9,13,15-16,18,20H,3-5,10-11,17H2,1-2H3. The van der Waals surface area contributed by atoms with Crippen LogP contribution in [0.1, 0.15) is 30.9 Å². The van der Waals surface area contributed by atoms with Crippen molar-refractivity contribution in [2.24, 2.45) is 11.7 Å². The van der Waals surface area contributed by atoms with Crippen molar-refractivity contribution in [1.82, 2.24) is 5.32 Å². The number of nitrogens with zero attached hydrogens (tertiary/aromatic N) is 1. The molecule has 0 amide bonds. The van der Waals surface area contributed by atoms with E-state index in [9.17, 15) is 5.11 Å². The van der Waals surface area contributed by atoms with Gasteiger partial charge >= 0.3 is 0 Å². The van der Waals surface area contributed by atoms with Crippen LogP contribution in [0.15, 0.2) is 24.3 Å². The van der Waals surface area contributed by atoms with Crippen molar-refractivity contribution in [3.05, 3.63) is 29.8 Å². The van der Waals surface area contributed by atoms with Crippen molar-refractivity contribution in [3.63, 3.8) is 0 Å². The highest BCUT2D eigenvalue weighted by atomic mass is 16.3. The van der Waals surface area contributed by atoms with E-state index in [1.807, 2.05) is 14.1 Å². The van der Waals surface area contributed by atoms with Crippen LogP contribution in [0.2, 0.25) is 0 Å². The number of aliphatic hydroxyl groups excluding tert-OH is 1. The van der Waals surface area contributed by atoms with Gasteiger partial charge in [0.05, 0.1) is 0 Å². The summed E-state index contributed by atoms with van der Waals surface area (Å²) in [4.78, 5) is 2.09. The lowest BCUT2D eigenvalue weighted by Gasteiger charge is -2.26. The molecule has 0 bridgehead atoms. The number of hydrogen-bond donors (Lipinski definition) is 3. The fraction of sp³-hybridized carbons (Fsp3) is 0.625. The Morgan fingerprint density at radius 1 is 1.30 bits per heavy atom. The fourth-order valence-corrected chi connectivity index (χ4v) is 3.04. The summed E-state index contributed by atoms with van der Waals surface area (Å²) in [6.07, 6.45) is 3.45. The predicted octanol–water partition coefficient (Wildman–Crippen LogP) is 1.50. The fourth-order valence-electron chi connectivity index (χ4n) is 3.04. The molecule has 1 saturated carbocycles. The smallest absolute Gasteiger partial charge is 0.0474 e. The highest BCUT2D eigenvalue weighted by molar-refractivity contribution is 5.46. The van der Waals surface area contributed by atoms with E-state index < -0.39 is 0 Å². The van der Waals surface area contributed by atoms with Crippen LogP contribution in [0.3, 0.4) is 0 Å². The number of benzene rings is 1. The Morgan fingerprint density at radius 3 is 2.55 bits per heavy atom. The molecule has 3 unspecified atom stereocenters. The van der Waals surface area contributed by atoms with Crippen LogP contribution in [-0.4, -0.2) is 38.4 Å². The van der Waals surface area contributed by atoms with Gasteiger partial charge in [0, 0.05) is 45.0 Å².